The summed E-state index contributed by atoms with van der Waals surface area (Å²) in [6.07, 6.45) is 2.63. The molecule has 94 valence electrons. The first-order chi connectivity index (χ1) is 8.00. The lowest BCUT2D eigenvalue weighted by atomic mass is 9.96. The lowest BCUT2D eigenvalue weighted by molar-refractivity contribution is -0.144. The first kappa shape index (κ1) is 13.6. The van der Waals surface area contributed by atoms with Crippen molar-refractivity contribution in [2.45, 2.75) is 32.7 Å². The summed E-state index contributed by atoms with van der Waals surface area (Å²) in [5, 5.41) is 12.5. The number of hydrogen-bond acceptors (Lipinski definition) is 3. The molecule has 0 aliphatic carbocycles. The van der Waals surface area contributed by atoms with Crippen LogP contribution in [0, 0.1) is 5.92 Å². The van der Waals surface area contributed by atoms with E-state index in [1.54, 1.807) is 31.3 Å². The number of nitrogens with one attached hydrogen (secondary N) is 1. The second-order valence-electron chi connectivity index (χ2n) is 4.54. The highest BCUT2D eigenvalue weighted by Gasteiger charge is 2.36. The number of hydrogen-bond donors (Lipinski definition) is 2. The minimum Gasteiger partial charge on any atom is -0.480 e. The molecule has 0 fully saturated rings. The third kappa shape index (κ3) is 3.27. The van der Waals surface area contributed by atoms with Crippen molar-refractivity contribution in [2.75, 3.05) is 6.54 Å². The summed E-state index contributed by atoms with van der Waals surface area (Å²) in [6, 6.07) is 5.31. The molecule has 1 heterocycles. The van der Waals surface area contributed by atoms with Gasteiger partial charge in [-0.15, -0.1) is 0 Å². The Morgan fingerprint density at radius 3 is 2.76 bits per heavy atom. The molecule has 2 unspecified atom stereocenters. The second kappa shape index (κ2) is 5.77. The second-order valence-corrected chi connectivity index (χ2v) is 4.54. The quantitative estimate of drug-likeness (QED) is 0.793. The van der Waals surface area contributed by atoms with Gasteiger partial charge in [0.2, 0.25) is 0 Å². The predicted molar refractivity (Wildman–Crippen MR) is 66.7 cm³/mol. The van der Waals surface area contributed by atoms with Crippen LogP contribution in [0.3, 0.4) is 0 Å². The van der Waals surface area contributed by atoms with Gasteiger partial charge in [-0.3, -0.25) is 10.3 Å². The van der Waals surface area contributed by atoms with Crippen molar-refractivity contribution < 1.29 is 9.90 Å². The normalized spacial score (nSPS) is 16.2. The van der Waals surface area contributed by atoms with Crippen molar-refractivity contribution in [2.24, 2.45) is 5.92 Å². The van der Waals surface area contributed by atoms with Crippen molar-refractivity contribution in [3.8, 4) is 0 Å². The Kier molecular flexibility index (Phi) is 4.63. The summed E-state index contributed by atoms with van der Waals surface area (Å²) in [4.78, 5) is 15.6. The SMILES string of the molecule is CCC(C)CNC(C)(C(=O)O)c1ccccn1. The van der Waals surface area contributed by atoms with Gasteiger partial charge in [0.1, 0.15) is 0 Å². The summed E-state index contributed by atoms with van der Waals surface area (Å²) >= 11 is 0. The van der Waals surface area contributed by atoms with E-state index in [0.717, 1.165) is 6.42 Å². The number of pyridine rings is 1. The van der Waals surface area contributed by atoms with Crippen molar-refractivity contribution >= 4 is 5.97 Å². The van der Waals surface area contributed by atoms with Crippen LogP contribution in [0.15, 0.2) is 24.4 Å². The summed E-state index contributed by atoms with van der Waals surface area (Å²) in [6.45, 7) is 6.49. The third-order valence-electron chi connectivity index (χ3n) is 3.11. The van der Waals surface area contributed by atoms with E-state index in [9.17, 15) is 9.90 Å². The van der Waals surface area contributed by atoms with Gasteiger partial charge in [-0.2, -0.15) is 0 Å². The van der Waals surface area contributed by atoms with Crippen LogP contribution in [0.2, 0.25) is 0 Å². The van der Waals surface area contributed by atoms with Gasteiger partial charge < -0.3 is 5.11 Å². The molecule has 1 aromatic heterocycles. The average Bonchev–Trinajstić information content (AvgIpc) is 2.36. The van der Waals surface area contributed by atoms with Crippen LogP contribution in [0.25, 0.3) is 0 Å². The third-order valence-corrected chi connectivity index (χ3v) is 3.11. The molecule has 0 aliphatic heterocycles. The first-order valence-electron chi connectivity index (χ1n) is 5.90. The van der Waals surface area contributed by atoms with Crippen LogP contribution in [0.1, 0.15) is 32.9 Å². The van der Waals surface area contributed by atoms with Crippen LogP contribution in [-0.2, 0) is 10.3 Å². The minimum absolute atomic E-state index is 0.442. The molecule has 1 rings (SSSR count). The fourth-order valence-electron chi connectivity index (χ4n) is 1.46. The molecule has 17 heavy (non-hydrogen) atoms. The number of rotatable bonds is 6. The zero-order valence-corrected chi connectivity index (χ0v) is 10.6. The minimum atomic E-state index is -1.12. The Bertz CT molecular complexity index is 367. The van der Waals surface area contributed by atoms with E-state index in [1.807, 2.05) is 0 Å². The van der Waals surface area contributed by atoms with Gasteiger partial charge in [0.15, 0.2) is 5.54 Å². The highest BCUT2D eigenvalue weighted by molar-refractivity contribution is 5.79. The van der Waals surface area contributed by atoms with E-state index in [2.05, 4.69) is 24.1 Å². The molecular formula is C13H20N2O2. The van der Waals surface area contributed by atoms with Crippen molar-refractivity contribution in [1.29, 1.82) is 0 Å². The monoisotopic (exact) mass is 236 g/mol. The van der Waals surface area contributed by atoms with Gasteiger partial charge in [0.05, 0.1) is 5.69 Å². The van der Waals surface area contributed by atoms with Gasteiger partial charge in [-0.25, -0.2) is 4.79 Å². The maximum absolute atomic E-state index is 11.4. The summed E-state index contributed by atoms with van der Waals surface area (Å²) in [5.41, 5.74) is -0.583. The molecule has 1 aromatic rings. The zero-order valence-electron chi connectivity index (χ0n) is 10.6. The Hall–Kier alpha value is -1.42. The number of carboxylic acid groups (broad SMARTS) is 1. The maximum atomic E-state index is 11.4. The Labute approximate surface area is 102 Å². The van der Waals surface area contributed by atoms with Crippen molar-refractivity contribution in [3.05, 3.63) is 30.1 Å². The molecule has 0 amide bonds. The van der Waals surface area contributed by atoms with Crippen LogP contribution in [-0.4, -0.2) is 22.6 Å². The molecule has 4 heteroatoms. The number of carboxylic acids is 1. The lowest BCUT2D eigenvalue weighted by Gasteiger charge is -2.27. The molecule has 0 spiro atoms. The average molecular weight is 236 g/mol. The fourth-order valence-corrected chi connectivity index (χ4v) is 1.46. The van der Waals surface area contributed by atoms with E-state index in [0.29, 0.717) is 18.2 Å². The van der Waals surface area contributed by atoms with Gasteiger partial charge in [0, 0.05) is 6.20 Å². The Balaban J connectivity index is 2.87. The molecule has 2 atom stereocenters. The molecule has 0 radical (unpaired) electrons. The molecule has 0 aromatic carbocycles. The number of nitrogens with zero attached hydrogens (tertiary/aromatic N) is 1. The zero-order chi connectivity index (χ0) is 12.9. The number of aliphatic carboxylic acids is 1. The standard InChI is InChI=1S/C13H20N2O2/c1-4-10(2)9-15-13(3,12(16)17)11-7-5-6-8-14-11/h5-8,10,15H,4,9H2,1-3H3,(H,16,17). The highest BCUT2D eigenvalue weighted by Crippen LogP contribution is 2.19. The fraction of sp³-hybridized carbons (Fsp3) is 0.538. The predicted octanol–water partition coefficient (Wildman–Crippen LogP) is 2.02. The molecule has 0 saturated heterocycles. The molecule has 0 bridgehead atoms. The van der Waals surface area contributed by atoms with E-state index >= 15 is 0 Å². The first-order valence-corrected chi connectivity index (χ1v) is 5.90. The molecule has 4 nitrogen and oxygen atoms in total. The van der Waals surface area contributed by atoms with Crippen LogP contribution in [0.5, 0.6) is 0 Å². The summed E-state index contributed by atoms with van der Waals surface area (Å²) in [5.74, 6) is -0.461. The van der Waals surface area contributed by atoms with Gasteiger partial charge in [-0.05, 0) is 31.5 Å². The van der Waals surface area contributed by atoms with Gasteiger partial charge in [0.25, 0.3) is 0 Å². The van der Waals surface area contributed by atoms with Crippen LogP contribution in [0.4, 0.5) is 0 Å². The number of carbonyl (C=O) groups is 1. The molecule has 2 N–H and O–H groups in total. The largest absolute Gasteiger partial charge is 0.480 e. The van der Waals surface area contributed by atoms with Gasteiger partial charge >= 0.3 is 5.97 Å². The Morgan fingerprint density at radius 2 is 2.29 bits per heavy atom. The lowest BCUT2D eigenvalue weighted by Crippen LogP contribution is -2.48. The van der Waals surface area contributed by atoms with E-state index < -0.39 is 11.5 Å². The topological polar surface area (TPSA) is 62.2 Å². The van der Waals surface area contributed by atoms with Gasteiger partial charge in [-0.1, -0.05) is 26.3 Å². The summed E-state index contributed by atoms with van der Waals surface area (Å²) < 4.78 is 0. The van der Waals surface area contributed by atoms with E-state index in [-0.39, 0.29) is 0 Å². The van der Waals surface area contributed by atoms with E-state index in [1.165, 1.54) is 0 Å². The van der Waals surface area contributed by atoms with Crippen molar-refractivity contribution in [1.82, 2.24) is 10.3 Å². The Morgan fingerprint density at radius 1 is 1.59 bits per heavy atom. The smallest absolute Gasteiger partial charge is 0.329 e. The van der Waals surface area contributed by atoms with E-state index in [4.69, 9.17) is 0 Å². The molecule has 0 saturated carbocycles. The molecule has 0 aliphatic rings. The number of aromatic nitrogens is 1. The van der Waals surface area contributed by atoms with Crippen molar-refractivity contribution in [3.63, 3.8) is 0 Å². The molecular weight excluding hydrogens is 216 g/mol. The highest BCUT2D eigenvalue weighted by atomic mass is 16.4. The van der Waals surface area contributed by atoms with Crippen LogP contribution >= 0.6 is 0 Å². The maximum Gasteiger partial charge on any atom is 0.329 e. The van der Waals surface area contributed by atoms with Crippen LogP contribution < -0.4 is 5.32 Å². The summed E-state index contributed by atoms with van der Waals surface area (Å²) in [7, 11) is 0.